The van der Waals surface area contributed by atoms with Gasteiger partial charge in [0, 0.05) is 44.8 Å². The minimum Gasteiger partial charge on any atom is -0.494 e. The number of carbonyl (C=O) groups is 2. The van der Waals surface area contributed by atoms with Gasteiger partial charge in [-0.3, -0.25) is 4.79 Å². The van der Waals surface area contributed by atoms with Crippen LogP contribution in [0, 0.1) is 0 Å². The van der Waals surface area contributed by atoms with E-state index in [9.17, 15) is 9.59 Å². The zero-order chi connectivity index (χ0) is 37.8. The van der Waals surface area contributed by atoms with E-state index in [1.54, 1.807) is 26.2 Å². The third-order valence-corrected chi connectivity index (χ3v) is 9.50. The van der Waals surface area contributed by atoms with Crippen molar-refractivity contribution in [1.29, 1.82) is 0 Å². The second kappa shape index (κ2) is 19.0. The first-order chi connectivity index (χ1) is 25.6. The number of amides is 2. The number of unbranched alkanes of at least 4 members (excludes halogenated alkanes) is 1. The number of aryl methyl sites for hydroxylation is 1. The number of hydrogen-bond donors (Lipinski definition) is 0. The van der Waals surface area contributed by atoms with Crippen molar-refractivity contribution < 1.29 is 42.7 Å². The Bertz CT molecular complexity index is 1620. The summed E-state index contributed by atoms with van der Waals surface area (Å²) < 4.78 is 40.5. The van der Waals surface area contributed by atoms with Crippen molar-refractivity contribution in [3.8, 4) is 23.0 Å². The molecule has 288 valence electrons. The molecule has 2 aliphatic heterocycles. The number of nitrogens with zero attached hydrogens (tertiary/aromatic N) is 2. The van der Waals surface area contributed by atoms with E-state index >= 15 is 0 Å². The maximum atomic E-state index is 13.1. The first-order valence-corrected chi connectivity index (χ1v) is 18.7. The lowest BCUT2D eigenvalue weighted by atomic mass is 9.87. The van der Waals surface area contributed by atoms with E-state index in [4.69, 9.17) is 33.2 Å². The van der Waals surface area contributed by atoms with Gasteiger partial charge in [-0.2, -0.15) is 0 Å². The zero-order valence-corrected chi connectivity index (χ0v) is 32.2. The molecule has 3 aromatic rings. The molecule has 5 rings (SSSR count). The number of carbonyl (C=O) groups excluding carboxylic acids is 2. The molecule has 0 aliphatic carbocycles. The largest absolute Gasteiger partial charge is 0.494 e. The molecule has 11 nitrogen and oxygen atoms in total. The molecule has 2 aliphatic rings. The van der Waals surface area contributed by atoms with Crippen LogP contribution in [0.3, 0.4) is 0 Å². The van der Waals surface area contributed by atoms with Gasteiger partial charge in [0.2, 0.25) is 11.7 Å². The summed E-state index contributed by atoms with van der Waals surface area (Å²) >= 11 is 0. The average Bonchev–Trinajstić information content (AvgIpc) is 3.15. The summed E-state index contributed by atoms with van der Waals surface area (Å²) in [6.45, 7) is 9.25. The number of methoxy groups -OCH3 is 3. The van der Waals surface area contributed by atoms with Crippen LogP contribution in [0.4, 0.5) is 10.5 Å². The van der Waals surface area contributed by atoms with Crippen molar-refractivity contribution in [3.05, 3.63) is 77.4 Å². The summed E-state index contributed by atoms with van der Waals surface area (Å²) in [6.07, 6.45) is 3.78. The van der Waals surface area contributed by atoms with Gasteiger partial charge in [0.15, 0.2) is 11.5 Å². The minimum absolute atomic E-state index is 0.0663. The lowest BCUT2D eigenvalue weighted by Gasteiger charge is -2.39. The molecule has 2 unspecified atom stereocenters. The molecule has 1 saturated heterocycles. The highest BCUT2D eigenvalue weighted by Crippen LogP contribution is 2.37. The first kappa shape index (κ1) is 39.7. The first-order valence-electron chi connectivity index (χ1n) is 18.7. The molecule has 3 aromatic carbocycles. The maximum Gasteiger partial charge on any atom is 0.410 e. The van der Waals surface area contributed by atoms with E-state index in [1.165, 1.54) is 5.56 Å². The third-order valence-electron chi connectivity index (χ3n) is 9.50. The van der Waals surface area contributed by atoms with Crippen LogP contribution in [0.1, 0.15) is 75.5 Å². The maximum absolute atomic E-state index is 13.1. The Hall–Kier alpha value is -4.48. The van der Waals surface area contributed by atoms with Gasteiger partial charge in [-0.25, -0.2) is 4.79 Å². The summed E-state index contributed by atoms with van der Waals surface area (Å²) in [7, 11) is 4.90. The number of anilines is 1. The molecule has 2 atom stereocenters. The smallest absolute Gasteiger partial charge is 0.410 e. The molecular formula is C42H56N2O9. The molecular weight excluding hydrogens is 676 g/mol. The molecule has 2 amide bonds. The molecule has 11 heteroatoms. The molecule has 1 fully saturated rings. The predicted octanol–water partition coefficient (Wildman–Crippen LogP) is 7.57. The van der Waals surface area contributed by atoms with Crippen LogP contribution in [0.25, 0.3) is 0 Å². The topological polar surface area (TPSA) is 105 Å². The molecule has 0 N–H and O–H groups in total. The molecule has 53 heavy (non-hydrogen) atoms. The van der Waals surface area contributed by atoms with Gasteiger partial charge in [0.1, 0.15) is 11.4 Å². The summed E-state index contributed by atoms with van der Waals surface area (Å²) in [4.78, 5) is 29.6. The number of piperidine rings is 1. The number of rotatable bonds is 17. The van der Waals surface area contributed by atoms with E-state index < -0.39 is 5.60 Å². The predicted molar refractivity (Wildman–Crippen MR) is 204 cm³/mol. The van der Waals surface area contributed by atoms with Crippen LogP contribution in [-0.4, -0.2) is 89.4 Å². The molecule has 0 bridgehead atoms. The van der Waals surface area contributed by atoms with Gasteiger partial charge in [0.25, 0.3) is 0 Å². The fourth-order valence-electron chi connectivity index (χ4n) is 6.79. The Morgan fingerprint density at radius 3 is 2.25 bits per heavy atom. The molecule has 0 radical (unpaired) electrons. The number of ether oxygens (including phenoxy) is 7. The SMILES string of the molecule is COCCCN1C(=O)CCc2ccc(COC3CN(C(=O)OC(C)(C)C)CCC3c3ccc(OCCCCOc4c(OC)cccc4OC)cc3)cc21. The van der Waals surface area contributed by atoms with Crippen molar-refractivity contribution in [2.75, 3.05) is 65.7 Å². The van der Waals surface area contributed by atoms with Crippen LogP contribution < -0.4 is 23.8 Å². The Kier molecular flexibility index (Phi) is 14.3. The summed E-state index contributed by atoms with van der Waals surface area (Å²) in [5.41, 5.74) is 3.65. The van der Waals surface area contributed by atoms with Gasteiger partial charge in [0.05, 0.1) is 46.7 Å². The van der Waals surface area contributed by atoms with Gasteiger partial charge >= 0.3 is 6.09 Å². The number of benzene rings is 3. The highest BCUT2D eigenvalue weighted by molar-refractivity contribution is 5.96. The van der Waals surface area contributed by atoms with Crippen LogP contribution >= 0.6 is 0 Å². The highest BCUT2D eigenvalue weighted by Gasteiger charge is 2.35. The third kappa shape index (κ3) is 11.0. The van der Waals surface area contributed by atoms with E-state index in [0.29, 0.717) is 69.7 Å². The zero-order valence-electron chi connectivity index (χ0n) is 32.2. The van der Waals surface area contributed by atoms with Crippen molar-refractivity contribution in [1.82, 2.24) is 4.90 Å². The highest BCUT2D eigenvalue weighted by atomic mass is 16.6. The monoisotopic (exact) mass is 732 g/mol. The van der Waals surface area contributed by atoms with E-state index in [-0.39, 0.29) is 24.0 Å². The average molecular weight is 733 g/mol. The second-order valence-corrected chi connectivity index (χ2v) is 14.5. The molecule has 0 spiro atoms. The van der Waals surface area contributed by atoms with Gasteiger partial charge in [-0.05, 0) is 99.9 Å². The lowest BCUT2D eigenvalue weighted by molar-refractivity contribution is -0.118. The van der Waals surface area contributed by atoms with Gasteiger partial charge in [-0.15, -0.1) is 0 Å². The van der Waals surface area contributed by atoms with Gasteiger partial charge in [-0.1, -0.05) is 30.3 Å². The van der Waals surface area contributed by atoms with Crippen molar-refractivity contribution >= 4 is 17.7 Å². The quantitative estimate of drug-likeness (QED) is 0.130. The Balaban J connectivity index is 1.20. The van der Waals surface area contributed by atoms with Crippen LogP contribution in [0.5, 0.6) is 23.0 Å². The number of likely N-dealkylation sites (tertiary alicyclic amines) is 1. The Labute approximate surface area is 314 Å². The van der Waals surface area contributed by atoms with Crippen LogP contribution in [0.15, 0.2) is 60.7 Å². The molecule has 2 heterocycles. The Morgan fingerprint density at radius 2 is 1.57 bits per heavy atom. The van der Waals surface area contributed by atoms with Crippen LogP contribution in [-0.2, 0) is 32.0 Å². The summed E-state index contributed by atoms with van der Waals surface area (Å²) in [6, 6.07) is 20.0. The van der Waals surface area contributed by atoms with E-state index in [0.717, 1.165) is 54.7 Å². The van der Waals surface area contributed by atoms with Crippen molar-refractivity contribution in [2.45, 2.75) is 83.5 Å². The Morgan fingerprint density at radius 1 is 0.849 bits per heavy atom. The lowest BCUT2D eigenvalue weighted by Crippen LogP contribution is -2.48. The summed E-state index contributed by atoms with van der Waals surface area (Å²) in [5.74, 6) is 2.88. The van der Waals surface area contributed by atoms with Crippen molar-refractivity contribution in [2.24, 2.45) is 0 Å². The molecule has 0 saturated carbocycles. The standard InChI is InChI=1S/C42H56N2O9/c1-42(2,3)53-41(46)43-23-21-34(38(28-43)52-29-30-13-14-32-17-20-39(45)44(35(32)27-30)22-10-24-47-4)31-15-18-33(19-16-31)50-25-7-8-26-51-40-36(48-5)11-9-12-37(40)49-6/h9,11-16,18-19,27,34,38H,7-8,10,17,20-26,28-29H2,1-6H3. The van der Waals surface area contributed by atoms with E-state index in [1.807, 2.05) is 56.0 Å². The second-order valence-electron chi connectivity index (χ2n) is 14.5. The van der Waals surface area contributed by atoms with Crippen molar-refractivity contribution in [3.63, 3.8) is 0 Å². The van der Waals surface area contributed by atoms with Crippen LogP contribution in [0.2, 0.25) is 0 Å². The fourth-order valence-corrected chi connectivity index (χ4v) is 6.79. The fraction of sp³-hybridized carbons (Fsp3) is 0.524. The minimum atomic E-state index is -0.591. The number of fused-ring (bicyclic) bond motifs is 1. The van der Waals surface area contributed by atoms with E-state index in [2.05, 4.69) is 30.3 Å². The normalized spacial score (nSPS) is 17.3. The molecule has 0 aromatic heterocycles. The number of hydrogen-bond acceptors (Lipinski definition) is 9. The van der Waals surface area contributed by atoms with Gasteiger partial charge < -0.3 is 43.0 Å². The number of para-hydroxylation sites is 1. The summed E-state index contributed by atoms with van der Waals surface area (Å²) in [5, 5.41) is 0.